The lowest BCUT2D eigenvalue weighted by molar-refractivity contribution is -0.144. The number of benzene rings is 2. The highest BCUT2D eigenvalue weighted by Gasteiger charge is 2.46. The van der Waals surface area contributed by atoms with Crippen molar-refractivity contribution in [3.63, 3.8) is 0 Å². The average molecular weight is 334 g/mol. The minimum Gasteiger partial charge on any atom is -0.454 e. The molecule has 1 heterocycles. The molecule has 0 amide bonds. The van der Waals surface area contributed by atoms with Gasteiger partial charge in [-0.1, -0.05) is 66.7 Å². The summed E-state index contributed by atoms with van der Waals surface area (Å²) in [4.78, 5) is 25.0. The van der Waals surface area contributed by atoms with Gasteiger partial charge in [-0.05, 0) is 30.4 Å². The van der Waals surface area contributed by atoms with Gasteiger partial charge in [-0.25, -0.2) is 0 Å². The van der Waals surface area contributed by atoms with E-state index in [1.807, 2.05) is 48.5 Å². The van der Waals surface area contributed by atoms with Crippen molar-refractivity contribution in [2.45, 2.75) is 31.3 Å². The van der Waals surface area contributed by atoms with E-state index >= 15 is 0 Å². The van der Waals surface area contributed by atoms with Crippen LogP contribution in [0.3, 0.4) is 0 Å². The van der Waals surface area contributed by atoms with Crippen LogP contribution in [0.2, 0.25) is 0 Å². The van der Waals surface area contributed by atoms with Crippen LogP contribution in [-0.2, 0) is 20.7 Å². The molecular formula is C22H22O3. The summed E-state index contributed by atoms with van der Waals surface area (Å²) < 4.78 is 5.39. The van der Waals surface area contributed by atoms with Crippen LogP contribution in [0, 0.1) is 5.92 Å². The Balaban J connectivity index is 1.64. The molecule has 3 rings (SSSR count). The maximum atomic E-state index is 12.7. The number of hydrogen-bond acceptors (Lipinski definition) is 3. The summed E-state index contributed by atoms with van der Waals surface area (Å²) in [7, 11) is 0. The van der Waals surface area contributed by atoms with Gasteiger partial charge in [0.05, 0.1) is 0 Å². The summed E-state index contributed by atoms with van der Waals surface area (Å²) in [6, 6.07) is 19.6. The lowest BCUT2D eigenvalue weighted by atomic mass is 9.83. The molecule has 0 spiro atoms. The van der Waals surface area contributed by atoms with E-state index in [0.717, 1.165) is 18.4 Å². The van der Waals surface area contributed by atoms with E-state index in [9.17, 15) is 9.59 Å². The minimum absolute atomic E-state index is 0.119. The molecule has 0 aliphatic carbocycles. The van der Waals surface area contributed by atoms with E-state index in [1.54, 1.807) is 6.08 Å². The number of cyclic esters (lactones) is 1. The molecule has 3 atom stereocenters. The predicted octanol–water partition coefficient (Wildman–Crippen LogP) is 4.09. The Morgan fingerprint density at radius 1 is 1.00 bits per heavy atom. The molecule has 0 saturated carbocycles. The number of ether oxygens (including phenoxy) is 1. The number of aryl methyl sites for hydroxylation is 1. The zero-order valence-electron chi connectivity index (χ0n) is 14.1. The van der Waals surface area contributed by atoms with Crippen molar-refractivity contribution in [1.29, 1.82) is 0 Å². The first-order chi connectivity index (χ1) is 12.2. The second kappa shape index (κ2) is 7.93. The van der Waals surface area contributed by atoms with Crippen molar-refractivity contribution < 1.29 is 14.3 Å². The number of esters is 1. The van der Waals surface area contributed by atoms with E-state index < -0.39 is 18.0 Å². The molecule has 3 unspecified atom stereocenters. The Morgan fingerprint density at radius 2 is 1.64 bits per heavy atom. The second-order valence-corrected chi connectivity index (χ2v) is 6.36. The van der Waals surface area contributed by atoms with E-state index in [0.29, 0.717) is 6.42 Å². The summed E-state index contributed by atoms with van der Waals surface area (Å²) in [5, 5.41) is 0. The first-order valence-electron chi connectivity index (χ1n) is 8.66. The zero-order valence-corrected chi connectivity index (χ0v) is 14.1. The monoisotopic (exact) mass is 334 g/mol. The van der Waals surface area contributed by atoms with Crippen LogP contribution in [0.25, 0.3) is 0 Å². The molecule has 0 N–H and O–H groups in total. The van der Waals surface area contributed by atoms with Gasteiger partial charge in [0.2, 0.25) is 0 Å². The molecule has 1 saturated heterocycles. The van der Waals surface area contributed by atoms with E-state index in [4.69, 9.17) is 4.74 Å². The number of rotatable bonds is 7. The van der Waals surface area contributed by atoms with Gasteiger partial charge in [0.1, 0.15) is 5.92 Å². The number of Topliss-reactive ketones (excluding diaryl/α,β-unsaturated/α-hetero) is 1. The standard InChI is InChI=1S/C22H22O3/c1-2-18(17-13-7-4-8-14-17)20-21(23)19(25-22(20)24)15-9-12-16-10-5-3-6-11-16/h2-8,10-11,13-14,18-20H,1,9,12,15H2. The zero-order chi connectivity index (χ0) is 17.6. The Morgan fingerprint density at radius 3 is 2.28 bits per heavy atom. The maximum Gasteiger partial charge on any atom is 0.318 e. The van der Waals surface area contributed by atoms with Gasteiger partial charge in [0.15, 0.2) is 11.9 Å². The maximum absolute atomic E-state index is 12.7. The van der Waals surface area contributed by atoms with Gasteiger partial charge in [-0.3, -0.25) is 9.59 Å². The molecule has 1 aliphatic rings. The van der Waals surface area contributed by atoms with Crippen molar-refractivity contribution >= 4 is 11.8 Å². The van der Waals surface area contributed by atoms with Crippen molar-refractivity contribution in [3.05, 3.63) is 84.4 Å². The van der Waals surface area contributed by atoms with E-state index in [2.05, 4.69) is 18.7 Å². The summed E-state index contributed by atoms with van der Waals surface area (Å²) >= 11 is 0. The summed E-state index contributed by atoms with van der Waals surface area (Å²) in [5.41, 5.74) is 2.14. The van der Waals surface area contributed by atoms with Crippen molar-refractivity contribution in [2.75, 3.05) is 0 Å². The SMILES string of the molecule is C=CC(c1ccccc1)C1C(=O)OC(CCCc2ccccc2)C1=O. The molecule has 3 heteroatoms. The highest BCUT2D eigenvalue weighted by atomic mass is 16.6. The smallest absolute Gasteiger partial charge is 0.318 e. The summed E-state index contributed by atoms with van der Waals surface area (Å²) in [5.74, 6) is -1.66. The molecule has 2 aromatic rings. The number of carbonyl (C=O) groups excluding carboxylic acids is 2. The van der Waals surface area contributed by atoms with Crippen molar-refractivity contribution in [3.8, 4) is 0 Å². The second-order valence-electron chi connectivity index (χ2n) is 6.36. The van der Waals surface area contributed by atoms with Crippen LogP contribution in [0.1, 0.15) is 29.9 Å². The molecular weight excluding hydrogens is 312 g/mol. The van der Waals surface area contributed by atoms with Crippen LogP contribution < -0.4 is 0 Å². The third-order valence-corrected chi connectivity index (χ3v) is 4.71. The lowest BCUT2D eigenvalue weighted by Crippen LogP contribution is -2.25. The van der Waals surface area contributed by atoms with Gasteiger partial charge in [0.25, 0.3) is 0 Å². The minimum atomic E-state index is -0.776. The van der Waals surface area contributed by atoms with Crippen LogP contribution >= 0.6 is 0 Å². The Labute approximate surface area is 148 Å². The molecule has 1 aliphatic heterocycles. The number of carbonyl (C=O) groups is 2. The van der Waals surface area contributed by atoms with Gasteiger partial charge < -0.3 is 4.74 Å². The normalized spacial score (nSPS) is 21.0. The van der Waals surface area contributed by atoms with Crippen molar-refractivity contribution in [2.24, 2.45) is 5.92 Å². The Kier molecular flexibility index (Phi) is 5.44. The molecule has 1 fully saturated rings. The number of hydrogen-bond donors (Lipinski definition) is 0. The third-order valence-electron chi connectivity index (χ3n) is 4.71. The first kappa shape index (κ1) is 17.2. The number of ketones is 1. The predicted molar refractivity (Wildman–Crippen MR) is 97.1 cm³/mol. The fourth-order valence-corrected chi connectivity index (χ4v) is 3.39. The highest BCUT2D eigenvalue weighted by molar-refractivity contribution is 6.07. The fraction of sp³-hybridized carbons (Fsp3) is 0.273. The van der Waals surface area contributed by atoms with Gasteiger partial charge in [-0.15, -0.1) is 6.58 Å². The highest BCUT2D eigenvalue weighted by Crippen LogP contribution is 2.34. The number of allylic oxidation sites excluding steroid dienone is 1. The largest absolute Gasteiger partial charge is 0.454 e. The van der Waals surface area contributed by atoms with Crippen LogP contribution in [0.4, 0.5) is 0 Å². The average Bonchev–Trinajstić information content (AvgIpc) is 2.92. The lowest BCUT2D eigenvalue weighted by Gasteiger charge is -2.16. The molecule has 0 bridgehead atoms. The summed E-state index contributed by atoms with van der Waals surface area (Å²) in [6.07, 6.45) is 3.29. The van der Waals surface area contributed by atoms with Gasteiger partial charge in [-0.2, -0.15) is 0 Å². The van der Waals surface area contributed by atoms with Crippen LogP contribution in [0.5, 0.6) is 0 Å². The molecule has 128 valence electrons. The third kappa shape index (κ3) is 3.87. The first-order valence-corrected chi connectivity index (χ1v) is 8.66. The molecule has 0 radical (unpaired) electrons. The fourth-order valence-electron chi connectivity index (χ4n) is 3.39. The topological polar surface area (TPSA) is 43.4 Å². The summed E-state index contributed by atoms with van der Waals surface area (Å²) in [6.45, 7) is 3.82. The van der Waals surface area contributed by atoms with E-state index in [1.165, 1.54) is 5.56 Å². The molecule has 2 aromatic carbocycles. The van der Waals surface area contributed by atoms with Crippen LogP contribution in [0.15, 0.2) is 73.3 Å². The quantitative estimate of drug-likeness (QED) is 0.435. The van der Waals surface area contributed by atoms with Crippen LogP contribution in [-0.4, -0.2) is 17.9 Å². The van der Waals surface area contributed by atoms with E-state index in [-0.39, 0.29) is 11.7 Å². The molecule has 0 aromatic heterocycles. The Hall–Kier alpha value is -2.68. The van der Waals surface area contributed by atoms with Gasteiger partial charge >= 0.3 is 5.97 Å². The van der Waals surface area contributed by atoms with Gasteiger partial charge in [0, 0.05) is 5.92 Å². The van der Waals surface area contributed by atoms with Crippen molar-refractivity contribution in [1.82, 2.24) is 0 Å². The molecule has 25 heavy (non-hydrogen) atoms. The molecule has 3 nitrogen and oxygen atoms in total. The Bertz CT molecular complexity index is 736.